The Labute approximate surface area is 135 Å². The Kier molecular flexibility index (Phi) is 4.26. The molecule has 1 aromatic rings. The van der Waals surface area contributed by atoms with Crippen LogP contribution in [0.5, 0.6) is 0 Å². The lowest BCUT2D eigenvalue weighted by molar-refractivity contribution is -0.0353. The maximum absolute atomic E-state index is 3.81. The number of nitrogens with one attached hydrogen (secondary N) is 1. The summed E-state index contributed by atoms with van der Waals surface area (Å²) in [5.74, 6) is 5.33. The number of aryl methyl sites for hydroxylation is 1. The SMILES string of the molecule is CCc1ccccc1CCNCC1C2CC3CC(C2)CC1C3. The molecular formula is C21H31N. The Morgan fingerprint density at radius 3 is 2.18 bits per heavy atom. The highest BCUT2D eigenvalue weighted by atomic mass is 14.9. The maximum atomic E-state index is 3.81. The number of benzene rings is 1. The van der Waals surface area contributed by atoms with Gasteiger partial charge in [-0.1, -0.05) is 31.2 Å². The van der Waals surface area contributed by atoms with Gasteiger partial charge in [-0.05, 0) is 98.8 Å². The molecule has 0 aromatic heterocycles. The third-order valence-electron chi connectivity index (χ3n) is 6.87. The zero-order valence-corrected chi connectivity index (χ0v) is 14.1. The Hall–Kier alpha value is -0.820. The predicted octanol–water partition coefficient (Wildman–Crippen LogP) is 4.45. The van der Waals surface area contributed by atoms with Crippen LogP contribution in [0.25, 0.3) is 0 Å². The second kappa shape index (κ2) is 6.35. The summed E-state index contributed by atoms with van der Waals surface area (Å²) >= 11 is 0. The predicted molar refractivity (Wildman–Crippen MR) is 92.9 cm³/mol. The lowest BCUT2D eigenvalue weighted by atomic mass is 9.52. The van der Waals surface area contributed by atoms with Crippen molar-refractivity contribution in [3.63, 3.8) is 0 Å². The number of hydrogen-bond donors (Lipinski definition) is 1. The van der Waals surface area contributed by atoms with Crippen molar-refractivity contribution in [2.45, 2.75) is 51.9 Å². The van der Waals surface area contributed by atoms with E-state index in [1.165, 1.54) is 18.5 Å². The van der Waals surface area contributed by atoms with Gasteiger partial charge in [-0.2, -0.15) is 0 Å². The molecule has 4 aliphatic carbocycles. The maximum Gasteiger partial charge on any atom is -0.000813 e. The van der Waals surface area contributed by atoms with E-state index in [4.69, 9.17) is 0 Å². The Morgan fingerprint density at radius 1 is 0.909 bits per heavy atom. The van der Waals surface area contributed by atoms with Gasteiger partial charge in [0.1, 0.15) is 0 Å². The van der Waals surface area contributed by atoms with E-state index in [1.807, 2.05) is 0 Å². The molecule has 0 spiro atoms. The fourth-order valence-electron chi connectivity index (χ4n) is 6.01. The largest absolute Gasteiger partial charge is 0.316 e. The summed E-state index contributed by atoms with van der Waals surface area (Å²) in [6.45, 7) is 4.70. The van der Waals surface area contributed by atoms with Crippen LogP contribution >= 0.6 is 0 Å². The van der Waals surface area contributed by atoms with Gasteiger partial charge >= 0.3 is 0 Å². The van der Waals surface area contributed by atoms with E-state index in [2.05, 4.69) is 36.5 Å². The van der Waals surface area contributed by atoms with E-state index in [0.29, 0.717) is 0 Å². The molecule has 22 heavy (non-hydrogen) atoms. The number of hydrogen-bond acceptors (Lipinski definition) is 1. The van der Waals surface area contributed by atoms with Crippen LogP contribution in [0.4, 0.5) is 0 Å². The molecule has 120 valence electrons. The van der Waals surface area contributed by atoms with Crippen LogP contribution in [0.15, 0.2) is 24.3 Å². The molecule has 4 saturated carbocycles. The Balaban J connectivity index is 1.27. The molecule has 0 heterocycles. The second-order valence-electron chi connectivity index (χ2n) is 8.17. The van der Waals surface area contributed by atoms with Crippen LogP contribution in [0.1, 0.15) is 50.2 Å². The van der Waals surface area contributed by atoms with Crippen molar-refractivity contribution in [2.75, 3.05) is 13.1 Å². The molecule has 1 N–H and O–H groups in total. The van der Waals surface area contributed by atoms with Crippen LogP contribution in [-0.4, -0.2) is 13.1 Å². The summed E-state index contributed by atoms with van der Waals surface area (Å²) in [6, 6.07) is 8.95. The third-order valence-corrected chi connectivity index (χ3v) is 6.87. The standard InChI is InChI=1S/C21H31N/c1-2-17-5-3-4-6-18(17)7-8-22-14-21-19-10-15-9-16(12-19)13-20(21)11-15/h3-6,15-16,19-22H,2,7-14H2,1H3. The molecule has 1 heteroatoms. The first-order valence-electron chi connectivity index (χ1n) is 9.61. The summed E-state index contributed by atoms with van der Waals surface area (Å²) in [5.41, 5.74) is 3.07. The Bertz CT molecular complexity index is 478. The fraction of sp³-hybridized carbons (Fsp3) is 0.714. The molecule has 0 radical (unpaired) electrons. The summed E-state index contributed by atoms with van der Waals surface area (Å²) in [6.07, 6.45) is 10.1. The summed E-state index contributed by atoms with van der Waals surface area (Å²) in [5, 5.41) is 3.81. The van der Waals surface area contributed by atoms with Crippen LogP contribution < -0.4 is 5.32 Å². The molecule has 0 unspecified atom stereocenters. The monoisotopic (exact) mass is 297 g/mol. The highest BCUT2D eigenvalue weighted by Gasteiger charge is 2.47. The van der Waals surface area contributed by atoms with E-state index in [-0.39, 0.29) is 0 Å². The number of rotatable bonds is 6. The zero-order valence-electron chi connectivity index (χ0n) is 14.1. The zero-order chi connectivity index (χ0) is 14.9. The van der Waals surface area contributed by atoms with E-state index in [1.54, 1.807) is 37.7 Å². The van der Waals surface area contributed by atoms with Gasteiger partial charge in [0.05, 0.1) is 0 Å². The van der Waals surface area contributed by atoms with Gasteiger partial charge in [0.15, 0.2) is 0 Å². The van der Waals surface area contributed by atoms with Crippen LogP contribution in [0.3, 0.4) is 0 Å². The van der Waals surface area contributed by atoms with Crippen molar-refractivity contribution in [1.82, 2.24) is 5.32 Å². The minimum atomic E-state index is 0.995. The minimum absolute atomic E-state index is 0.995. The summed E-state index contributed by atoms with van der Waals surface area (Å²) in [4.78, 5) is 0. The molecule has 0 saturated heterocycles. The summed E-state index contributed by atoms with van der Waals surface area (Å²) < 4.78 is 0. The third kappa shape index (κ3) is 2.85. The first-order chi connectivity index (χ1) is 10.8. The van der Waals surface area contributed by atoms with Gasteiger partial charge in [-0.15, -0.1) is 0 Å². The fourth-order valence-corrected chi connectivity index (χ4v) is 6.01. The molecule has 4 aliphatic rings. The van der Waals surface area contributed by atoms with Crippen LogP contribution in [0.2, 0.25) is 0 Å². The van der Waals surface area contributed by atoms with Crippen molar-refractivity contribution in [2.24, 2.45) is 29.6 Å². The van der Waals surface area contributed by atoms with Gasteiger partial charge in [-0.3, -0.25) is 0 Å². The molecule has 5 rings (SSSR count). The topological polar surface area (TPSA) is 12.0 Å². The molecule has 1 aromatic carbocycles. The average Bonchev–Trinajstić information content (AvgIpc) is 2.53. The smallest absolute Gasteiger partial charge is 0.000813 e. The van der Waals surface area contributed by atoms with E-state index in [0.717, 1.165) is 42.6 Å². The Morgan fingerprint density at radius 2 is 1.55 bits per heavy atom. The molecule has 0 aliphatic heterocycles. The van der Waals surface area contributed by atoms with Crippen LogP contribution in [-0.2, 0) is 12.8 Å². The second-order valence-corrected chi connectivity index (χ2v) is 8.17. The lowest BCUT2D eigenvalue weighted by Gasteiger charge is -2.54. The molecule has 0 atom stereocenters. The van der Waals surface area contributed by atoms with Gasteiger partial charge in [0, 0.05) is 0 Å². The van der Waals surface area contributed by atoms with Gasteiger partial charge in [0.25, 0.3) is 0 Å². The van der Waals surface area contributed by atoms with Crippen molar-refractivity contribution in [3.05, 3.63) is 35.4 Å². The normalized spacial score (nSPS) is 36.0. The van der Waals surface area contributed by atoms with Crippen molar-refractivity contribution in [1.29, 1.82) is 0 Å². The van der Waals surface area contributed by atoms with Gasteiger partial charge < -0.3 is 5.32 Å². The van der Waals surface area contributed by atoms with E-state index in [9.17, 15) is 0 Å². The van der Waals surface area contributed by atoms with Crippen molar-refractivity contribution >= 4 is 0 Å². The molecule has 0 amide bonds. The first-order valence-corrected chi connectivity index (χ1v) is 9.61. The average molecular weight is 297 g/mol. The van der Waals surface area contributed by atoms with E-state index < -0.39 is 0 Å². The molecule has 1 nitrogen and oxygen atoms in total. The van der Waals surface area contributed by atoms with Crippen LogP contribution in [0, 0.1) is 29.6 Å². The summed E-state index contributed by atoms with van der Waals surface area (Å²) in [7, 11) is 0. The highest BCUT2D eigenvalue weighted by molar-refractivity contribution is 5.27. The minimum Gasteiger partial charge on any atom is -0.316 e. The van der Waals surface area contributed by atoms with Crippen molar-refractivity contribution < 1.29 is 0 Å². The van der Waals surface area contributed by atoms with E-state index >= 15 is 0 Å². The molecular weight excluding hydrogens is 266 g/mol. The molecule has 4 bridgehead atoms. The molecule has 4 fully saturated rings. The van der Waals surface area contributed by atoms with Gasteiger partial charge in [-0.25, -0.2) is 0 Å². The van der Waals surface area contributed by atoms with Crippen molar-refractivity contribution in [3.8, 4) is 0 Å². The highest BCUT2D eigenvalue weighted by Crippen LogP contribution is 2.56. The van der Waals surface area contributed by atoms with Gasteiger partial charge in [0.2, 0.25) is 0 Å². The lowest BCUT2D eigenvalue weighted by Crippen LogP contribution is -2.48. The quantitative estimate of drug-likeness (QED) is 0.765. The first kappa shape index (κ1) is 14.8.